The molecule has 5 rings (SSSR count). The standard InChI is InChI=1S/C23H22N6O/c1-2-19(30)28-16-7-5-9-18-20(15-10-14-6-3-4-8-17(14)25-11-15)21-22(24)26-13-27-23(21)29(18)12-16/h2-4,6,8,10-11,13,16H,1,5,7,9,12H2,(H,28,30)(H2,24,26,27)/t16-/m0/s1. The van der Waals surface area contributed by atoms with Crippen LogP contribution in [0.3, 0.4) is 0 Å². The molecule has 0 bridgehead atoms. The zero-order valence-corrected chi connectivity index (χ0v) is 16.5. The molecule has 1 aliphatic rings. The van der Waals surface area contributed by atoms with Crippen molar-refractivity contribution in [1.29, 1.82) is 0 Å². The highest BCUT2D eigenvalue weighted by Crippen LogP contribution is 2.39. The molecule has 1 atom stereocenters. The van der Waals surface area contributed by atoms with Gasteiger partial charge in [0.2, 0.25) is 5.91 Å². The van der Waals surface area contributed by atoms with Crippen LogP contribution < -0.4 is 11.1 Å². The predicted octanol–water partition coefficient (Wildman–Crippen LogP) is 3.24. The Morgan fingerprint density at radius 3 is 3.00 bits per heavy atom. The van der Waals surface area contributed by atoms with E-state index in [0.29, 0.717) is 12.4 Å². The Hall–Kier alpha value is -3.74. The van der Waals surface area contributed by atoms with Crippen molar-refractivity contribution in [3.63, 3.8) is 0 Å². The second-order valence-electron chi connectivity index (χ2n) is 7.61. The largest absolute Gasteiger partial charge is 0.383 e. The first-order chi connectivity index (χ1) is 14.7. The van der Waals surface area contributed by atoms with Crippen LogP contribution in [0.4, 0.5) is 5.82 Å². The maximum atomic E-state index is 11.9. The van der Waals surface area contributed by atoms with Gasteiger partial charge in [-0.1, -0.05) is 24.8 Å². The number of aromatic nitrogens is 4. The molecule has 30 heavy (non-hydrogen) atoms. The van der Waals surface area contributed by atoms with Crippen LogP contribution in [-0.4, -0.2) is 31.5 Å². The summed E-state index contributed by atoms with van der Waals surface area (Å²) < 4.78 is 2.18. The number of nitrogens with zero attached hydrogens (tertiary/aromatic N) is 4. The van der Waals surface area contributed by atoms with Gasteiger partial charge in [-0.25, -0.2) is 9.97 Å². The number of benzene rings is 1. The van der Waals surface area contributed by atoms with E-state index in [1.54, 1.807) is 0 Å². The molecule has 4 heterocycles. The van der Waals surface area contributed by atoms with Crippen LogP contribution in [0.25, 0.3) is 33.1 Å². The number of anilines is 1. The third-order valence-corrected chi connectivity index (χ3v) is 5.76. The summed E-state index contributed by atoms with van der Waals surface area (Å²) in [5.74, 6) is 0.295. The number of fused-ring (bicyclic) bond motifs is 4. The van der Waals surface area contributed by atoms with Crippen molar-refractivity contribution in [2.45, 2.75) is 31.8 Å². The van der Waals surface area contributed by atoms with E-state index in [9.17, 15) is 4.79 Å². The summed E-state index contributed by atoms with van der Waals surface area (Å²) in [7, 11) is 0. The Bertz CT molecular complexity index is 1290. The average Bonchev–Trinajstić information content (AvgIpc) is 2.93. The van der Waals surface area contributed by atoms with E-state index in [4.69, 9.17) is 5.73 Å². The van der Waals surface area contributed by atoms with Gasteiger partial charge in [0.15, 0.2) is 0 Å². The maximum Gasteiger partial charge on any atom is 0.243 e. The number of nitrogen functional groups attached to an aromatic ring is 1. The topological polar surface area (TPSA) is 98.7 Å². The van der Waals surface area contributed by atoms with Crippen molar-refractivity contribution in [2.24, 2.45) is 0 Å². The maximum absolute atomic E-state index is 11.9. The van der Waals surface area contributed by atoms with Gasteiger partial charge in [-0.2, -0.15) is 0 Å². The Labute approximate surface area is 173 Å². The minimum atomic E-state index is -0.159. The van der Waals surface area contributed by atoms with Crippen LogP contribution in [0.2, 0.25) is 0 Å². The number of hydrogen-bond donors (Lipinski definition) is 2. The molecule has 0 aliphatic carbocycles. The molecule has 7 nitrogen and oxygen atoms in total. The highest BCUT2D eigenvalue weighted by Gasteiger charge is 2.26. The van der Waals surface area contributed by atoms with Crippen molar-refractivity contribution in [1.82, 2.24) is 24.8 Å². The van der Waals surface area contributed by atoms with E-state index in [0.717, 1.165) is 58.0 Å². The van der Waals surface area contributed by atoms with E-state index < -0.39 is 0 Å². The molecule has 0 unspecified atom stereocenters. The minimum absolute atomic E-state index is 0.00567. The second-order valence-corrected chi connectivity index (χ2v) is 7.61. The average molecular weight is 398 g/mol. The van der Waals surface area contributed by atoms with Gasteiger partial charge >= 0.3 is 0 Å². The molecule has 1 aromatic carbocycles. The van der Waals surface area contributed by atoms with Crippen LogP contribution in [0.5, 0.6) is 0 Å². The molecule has 0 fully saturated rings. The predicted molar refractivity (Wildman–Crippen MR) is 118 cm³/mol. The van der Waals surface area contributed by atoms with E-state index >= 15 is 0 Å². The molecular weight excluding hydrogens is 376 g/mol. The van der Waals surface area contributed by atoms with Crippen LogP contribution >= 0.6 is 0 Å². The van der Waals surface area contributed by atoms with Gasteiger partial charge in [0.1, 0.15) is 17.8 Å². The van der Waals surface area contributed by atoms with E-state index in [2.05, 4.69) is 43.5 Å². The molecule has 0 radical (unpaired) electrons. The molecule has 1 aliphatic heterocycles. The number of rotatable bonds is 3. The van der Waals surface area contributed by atoms with Gasteiger partial charge in [-0.3, -0.25) is 9.78 Å². The van der Waals surface area contributed by atoms with Crippen LogP contribution in [0.1, 0.15) is 18.5 Å². The molecule has 7 heteroatoms. The Kier molecular flexibility index (Phi) is 4.43. The Balaban J connectivity index is 1.72. The molecule has 3 N–H and O–H groups in total. The van der Waals surface area contributed by atoms with Crippen molar-refractivity contribution in [3.8, 4) is 11.1 Å². The number of para-hydroxylation sites is 1. The molecule has 0 saturated heterocycles. The fraction of sp³-hybridized carbons (Fsp3) is 0.217. The van der Waals surface area contributed by atoms with E-state index in [1.165, 1.54) is 12.4 Å². The Morgan fingerprint density at radius 1 is 1.27 bits per heavy atom. The lowest BCUT2D eigenvalue weighted by Gasteiger charge is -2.17. The Morgan fingerprint density at radius 2 is 2.13 bits per heavy atom. The third kappa shape index (κ3) is 2.99. The summed E-state index contributed by atoms with van der Waals surface area (Å²) in [5.41, 5.74) is 11.3. The fourth-order valence-electron chi connectivity index (χ4n) is 4.42. The van der Waals surface area contributed by atoms with E-state index in [1.807, 2.05) is 24.4 Å². The van der Waals surface area contributed by atoms with Crippen LogP contribution in [0.15, 0.2) is 55.5 Å². The molecule has 0 spiro atoms. The lowest BCUT2D eigenvalue weighted by atomic mass is 10.00. The first-order valence-electron chi connectivity index (χ1n) is 10.1. The summed E-state index contributed by atoms with van der Waals surface area (Å²) in [6, 6.07) is 10.2. The number of pyridine rings is 1. The van der Waals surface area contributed by atoms with Crippen molar-refractivity contribution < 1.29 is 4.79 Å². The van der Waals surface area contributed by atoms with Gasteiger partial charge in [0.25, 0.3) is 0 Å². The summed E-state index contributed by atoms with van der Waals surface area (Å²) in [5, 5.41) is 4.96. The minimum Gasteiger partial charge on any atom is -0.383 e. The lowest BCUT2D eigenvalue weighted by molar-refractivity contribution is -0.117. The molecule has 3 aromatic heterocycles. The monoisotopic (exact) mass is 398 g/mol. The highest BCUT2D eigenvalue weighted by molar-refractivity contribution is 6.03. The van der Waals surface area contributed by atoms with Gasteiger partial charge in [-0.15, -0.1) is 0 Å². The molecule has 0 saturated carbocycles. The lowest BCUT2D eigenvalue weighted by Crippen LogP contribution is -2.36. The third-order valence-electron chi connectivity index (χ3n) is 5.76. The zero-order chi connectivity index (χ0) is 20.7. The van der Waals surface area contributed by atoms with Crippen LogP contribution in [-0.2, 0) is 17.8 Å². The number of nitrogens with two attached hydrogens (primary N) is 1. The first-order valence-corrected chi connectivity index (χ1v) is 10.1. The number of hydrogen-bond acceptors (Lipinski definition) is 5. The van der Waals surface area contributed by atoms with Crippen molar-refractivity contribution in [3.05, 3.63) is 61.2 Å². The second kappa shape index (κ2) is 7.26. The van der Waals surface area contributed by atoms with Gasteiger partial charge in [-0.05, 0) is 37.5 Å². The fourth-order valence-corrected chi connectivity index (χ4v) is 4.42. The van der Waals surface area contributed by atoms with Gasteiger partial charge in [0.05, 0.1) is 10.9 Å². The molecular formula is C23H22N6O. The quantitative estimate of drug-likeness (QED) is 0.516. The van der Waals surface area contributed by atoms with Gasteiger partial charge < -0.3 is 15.6 Å². The summed E-state index contributed by atoms with van der Waals surface area (Å²) in [6.45, 7) is 4.19. The SMILES string of the molecule is C=CC(=O)N[C@H]1CCCc2c(-c3cnc4ccccc4c3)c3c(N)ncnc3n2C1. The summed E-state index contributed by atoms with van der Waals surface area (Å²) >= 11 is 0. The normalized spacial score (nSPS) is 16.2. The van der Waals surface area contributed by atoms with Crippen molar-refractivity contribution in [2.75, 3.05) is 5.73 Å². The van der Waals surface area contributed by atoms with Crippen LogP contribution in [0, 0.1) is 0 Å². The molecule has 4 aromatic rings. The summed E-state index contributed by atoms with van der Waals surface area (Å²) in [4.78, 5) is 25.3. The number of carbonyl (C=O) groups excluding carboxylic acids is 1. The summed E-state index contributed by atoms with van der Waals surface area (Å²) in [6.07, 6.45) is 7.39. The zero-order valence-electron chi connectivity index (χ0n) is 16.5. The molecule has 1 amide bonds. The number of nitrogens with one attached hydrogen (secondary N) is 1. The smallest absolute Gasteiger partial charge is 0.243 e. The highest BCUT2D eigenvalue weighted by atomic mass is 16.1. The van der Waals surface area contributed by atoms with Crippen molar-refractivity contribution >= 4 is 33.7 Å². The van der Waals surface area contributed by atoms with Gasteiger partial charge in [0, 0.05) is 41.0 Å². The molecule has 150 valence electrons. The first kappa shape index (κ1) is 18.3. The number of amides is 1. The number of carbonyl (C=O) groups is 1. The van der Waals surface area contributed by atoms with E-state index in [-0.39, 0.29) is 11.9 Å².